The Morgan fingerprint density at radius 1 is 1.05 bits per heavy atom. The van der Waals surface area contributed by atoms with Crippen LogP contribution in [-0.4, -0.2) is 14.3 Å². The molecule has 2 N–H and O–H groups in total. The molecular formula is C15H15BrN2O3S. The van der Waals surface area contributed by atoms with E-state index in [1.807, 2.05) is 0 Å². The average molecular weight is 383 g/mol. The van der Waals surface area contributed by atoms with Crippen molar-refractivity contribution < 1.29 is 13.2 Å². The zero-order valence-electron chi connectivity index (χ0n) is 12.1. The Bertz CT molecular complexity index is 819. The minimum atomic E-state index is -3.82. The predicted molar refractivity (Wildman–Crippen MR) is 87.8 cm³/mol. The van der Waals surface area contributed by atoms with Crippen LogP contribution in [0.25, 0.3) is 0 Å². The van der Waals surface area contributed by atoms with E-state index < -0.39 is 15.9 Å². The van der Waals surface area contributed by atoms with Gasteiger partial charge in [0.15, 0.2) is 0 Å². The van der Waals surface area contributed by atoms with Crippen molar-refractivity contribution in [3.8, 4) is 0 Å². The summed E-state index contributed by atoms with van der Waals surface area (Å²) in [6.45, 7) is 3.57. The van der Waals surface area contributed by atoms with Crippen molar-refractivity contribution in [2.75, 3.05) is 0 Å². The van der Waals surface area contributed by atoms with Gasteiger partial charge in [0, 0.05) is 10.0 Å². The van der Waals surface area contributed by atoms with Crippen molar-refractivity contribution in [1.29, 1.82) is 0 Å². The number of benzene rings is 2. The Morgan fingerprint density at radius 3 is 2.36 bits per heavy atom. The van der Waals surface area contributed by atoms with Gasteiger partial charge in [0.05, 0.1) is 4.90 Å². The van der Waals surface area contributed by atoms with E-state index in [1.54, 1.807) is 44.2 Å². The van der Waals surface area contributed by atoms with E-state index in [4.69, 9.17) is 0 Å². The second-order valence-corrected chi connectivity index (χ2v) is 7.32. The molecule has 0 aromatic heterocycles. The molecule has 0 saturated heterocycles. The molecule has 0 aliphatic heterocycles. The molecule has 1 amide bonds. The van der Waals surface area contributed by atoms with Gasteiger partial charge in [-0.1, -0.05) is 34.1 Å². The van der Waals surface area contributed by atoms with Gasteiger partial charge in [-0.15, -0.1) is 4.83 Å². The molecule has 0 spiro atoms. The Balaban J connectivity index is 2.14. The molecule has 5 nitrogen and oxygen atoms in total. The highest BCUT2D eigenvalue weighted by molar-refractivity contribution is 9.10. The number of carbonyl (C=O) groups excluding carboxylic acids is 1. The highest BCUT2D eigenvalue weighted by Gasteiger charge is 2.17. The van der Waals surface area contributed by atoms with Gasteiger partial charge < -0.3 is 0 Å². The van der Waals surface area contributed by atoms with E-state index in [0.29, 0.717) is 5.56 Å². The summed E-state index contributed by atoms with van der Waals surface area (Å²) in [7, 11) is -3.82. The van der Waals surface area contributed by atoms with Crippen LogP contribution < -0.4 is 10.3 Å². The predicted octanol–water partition coefficient (Wildman–Crippen LogP) is 2.69. The largest absolute Gasteiger partial charge is 0.273 e. The monoisotopic (exact) mass is 382 g/mol. The SMILES string of the molecule is Cc1cc(S(=O)(=O)NNC(=O)c2ccccc2C)ccc1Br. The number of amides is 1. The van der Waals surface area contributed by atoms with Gasteiger partial charge in [0.25, 0.3) is 15.9 Å². The first kappa shape index (κ1) is 16.7. The zero-order valence-corrected chi connectivity index (χ0v) is 14.5. The first-order chi connectivity index (χ1) is 10.3. The molecule has 0 fully saturated rings. The van der Waals surface area contributed by atoms with Crippen LogP contribution >= 0.6 is 15.9 Å². The van der Waals surface area contributed by atoms with Crippen molar-refractivity contribution in [3.63, 3.8) is 0 Å². The summed E-state index contributed by atoms with van der Waals surface area (Å²) in [5, 5.41) is 0. The lowest BCUT2D eigenvalue weighted by Crippen LogP contribution is -2.41. The van der Waals surface area contributed by atoms with Gasteiger partial charge in [-0.05, 0) is 49.2 Å². The lowest BCUT2D eigenvalue weighted by atomic mass is 10.1. The molecular weight excluding hydrogens is 368 g/mol. The van der Waals surface area contributed by atoms with Crippen LogP contribution in [0, 0.1) is 13.8 Å². The Kier molecular flexibility index (Phi) is 5.00. The van der Waals surface area contributed by atoms with Crippen LogP contribution in [-0.2, 0) is 10.0 Å². The lowest BCUT2D eigenvalue weighted by Gasteiger charge is -2.10. The highest BCUT2D eigenvalue weighted by Crippen LogP contribution is 2.19. The van der Waals surface area contributed by atoms with Gasteiger partial charge in [0.2, 0.25) is 0 Å². The van der Waals surface area contributed by atoms with Crippen LogP contribution in [0.1, 0.15) is 21.5 Å². The van der Waals surface area contributed by atoms with Gasteiger partial charge in [-0.25, -0.2) is 8.42 Å². The number of carbonyl (C=O) groups is 1. The van der Waals surface area contributed by atoms with Crippen LogP contribution in [0.3, 0.4) is 0 Å². The van der Waals surface area contributed by atoms with Crippen LogP contribution in [0.5, 0.6) is 0 Å². The average Bonchev–Trinajstić information content (AvgIpc) is 2.48. The summed E-state index contributed by atoms with van der Waals surface area (Å²) in [4.78, 5) is 14.2. The number of sulfonamides is 1. The molecule has 0 heterocycles. The number of halogens is 1. The summed E-state index contributed by atoms with van der Waals surface area (Å²) < 4.78 is 25.2. The minimum Gasteiger partial charge on any atom is -0.273 e. The molecule has 22 heavy (non-hydrogen) atoms. The third kappa shape index (κ3) is 3.73. The van der Waals surface area contributed by atoms with Crippen LogP contribution in [0.2, 0.25) is 0 Å². The number of nitrogens with one attached hydrogen (secondary N) is 2. The summed E-state index contributed by atoms with van der Waals surface area (Å²) in [5.41, 5.74) is 4.19. The molecule has 0 unspecified atom stereocenters. The summed E-state index contributed by atoms with van der Waals surface area (Å²) in [6.07, 6.45) is 0. The molecule has 116 valence electrons. The number of aryl methyl sites for hydroxylation is 2. The van der Waals surface area contributed by atoms with Crippen LogP contribution in [0.15, 0.2) is 51.8 Å². The number of hydrogen-bond donors (Lipinski definition) is 2. The fraction of sp³-hybridized carbons (Fsp3) is 0.133. The standard InChI is InChI=1S/C15H15BrN2O3S/c1-10-5-3-4-6-13(10)15(19)17-18-22(20,21)12-7-8-14(16)11(2)9-12/h3-9,18H,1-2H3,(H,17,19). The van der Waals surface area contributed by atoms with E-state index in [9.17, 15) is 13.2 Å². The van der Waals surface area contributed by atoms with E-state index in [0.717, 1.165) is 15.6 Å². The maximum atomic E-state index is 12.2. The molecule has 7 heteroatoms. The van der Waals surface area contributed by atoms with E-state index in [2.05, 4.69) is 26.2 Å². The van der Waals surface area contributed by atoms with Crippen molar-refractivity contribution >= 4 is 31.9 Å². The summed E-state index contributed by atoms with van der Waals surface area (Å²) in [6, 6.07) is 11.6. The van der Waals surface area contributed by atoms with Gasteiger partial charge in [0.1, 0.15) is 0 Å². The summed E-state index contributed by atoms with van der Waals surface area (Å²) >= 11 is 3.31. The van der Waals surface area contributed by atoms with Crippen molar-refractivity contribution in [3.05, 3.63) is 63.6 Å². The van der Waals surface area contributed by atoms with E-state index >= 15 is 0 Å². The number of hydrogen-bond acceptors (Lipinski definition) is 3. The molecule has 0 radical (unpaired) electrons. The fourth-order valence-electron chi connectivity index (χ4n) is 1.85. The summed E-state index contributed by atoms with van der Waals surface area (Å²) in [5.74, 6) is -0.504. The molecule has 0 saturated carbocycles. The van der Waals surface area contributed by atoms with E-state index in [-0.39, 0.29) is 4.90 Å². The Labute approximate surface area is 137 Å². The first-order valence-corrected chi connectivity index (χ1v) is 8.73. The van der Waals surface area contributed by atoms with Crippen LogP contribution in [0.4, 0.5) is 0 Å². The van der Waals surface area contributed by atoms with Crippen molar-refractivity contribution in [1.82, 2.24) is 10.3 Å². The Morgan fingerprint density at radius 2 is 1.73 bits per heavy atom. The molecule has 2 aromatic rings. The zero-order chi connectivity index (χ0) is 16.3. The van der Waals surface area contributed by atoms with Crippen molar-refractivity contribution in [2.45, 2.75) is 18.7 Å². The fourth-order valence-corrected chi connectivity index (χ4v) is 3.02. The van der Waals surface area contributed by atoms with E-state index in [1.165, 1.54) is 12.1 Å². The topological polar surface area (TPSA) is 75.3 Å². The number of hydrazine groups is 1. The lowest BCUT2D eigenvalue weighted by molar-refractivity contribution is 0.0944. The van der Waals surface area contributed by atoms with Gasteiger partial charge in [-0.2, -0.15) is 0 Å². The number of rotatable bonds is 4. The smallest absolute Gasteiger partial charge is 0.266 e. The maximum absolute atomic E-state index is 12.2. The van der Waals surface area contributed by atoms with Crippen molar-refractivity contribution in [2.24, 2.45) is 0 Å². The second-order valence-electron chi connectivity index (χ2n) is 4.79. The normalized spacial score (nSPS) is 11.2. The Hall–Kier alpha value is -1.70. The molecule has 2 aromatic carbocycles. The third-order valence-corrected chi connectivity index (χ3v) is 5.26. The molecule has 0 aliphatic carbocycles. The van der Waals surface area contributed by atoms with Gasteiger partial charge >= 0.3 is 0 Å². The first-order valence-electron chi connectivity index (χ1n) is 6.45. The second kappa shape index (κ2) is 6.60. The molecule has 0 aliphatic rings. The van der Waals surface area contributed by atoms with Gasteiger partial charge in [-0.3, -0.25) is 10.2 Å². The molecule has 0 bridgehead atoms. The third-order valence-electron chi connectivity index (χ3n) is 3.13. The molecule has 0 atom stereocenters. The quantitative estimate of drug-likeness (QED) is 0.798. The molecule has 2 rings (SSSR count). The maximum Gasteiger partial charge on any atom is 0.266 e. The highest BCUT2D eigenvalue weighted by atomic mass is 79.9. The minimum absolute atomic E-state index is 0.0817.